The number of nitrogen functional groups attached to an aromatic ring is 1. The molecular formula is C19H17N7O3. The predicted molar refractivity (Wildman–Crippen MR) is 106 cm³/mol. The topological polar surface area (TPSA) is 135 Å². The second-order valence-electron chi connectivity index (χ2n) is 6.43. The summed E-state index contributed by atoms with van der Waals surface area (Å²) in [6, 6.07) is 12.3. The van der Waals surface area contributed by atoms with Crippen LogP contribution in [-0.2, 0) is 6.54 Å². The lowest BCUT2D eigenvalue weighted by atomic mass is 10.1. The molecule has 146 valence electrons. The van der Waals surface area contributed by atoms with E-state index in [1.165, 1.54) is 6.07 Å². The van der Waals surface area contributed by atoms with Crippen molar-refractivity contribution in [2.75, 3.05) is 12.8 Å². The van der Waals surface area contributed by atoms with Crippen LogP contribution in [-0.4, -0.2) is 37.0 Å². The van der Waals surface area contributed by atoms with Gasteiger partial charge in [-0.05, 0) is 30.7 Å². The number of nitrogens with zero attached hydrogens (tertiary/aromatic N) is 6. The minimum atomic E-state index is -0.405. The van der Waals surface area contributed by atoms with Crippen molar-refractivity contribution in [3.63, 3.8) is 0 Å². The Kier molecular flexibility index (Phi) is 4.51. The molecule has 4 rings (SSSR count). The monoisotopic (exact) mass is 391 g/mol. The van der Waals surface area contributed by atoms with Gasteiger partial charge in [0.2, 0.25) is 5.95 Å². The van der Waals surface area contributed by atoms with Gasteiger partial charge in [-0.1, -0.05) is 23.4 Å². The van der Waals surface area contributed by atoms with Crippen LogP contribution in [0, 0.1) is 17.0 Å². The van der Waals surface area contributed by atoms with Gasteiger partial charge in [0.25, 0.3) is 5.69 Å². The number of benzene rings is 2. The molecule has 0 atom stereocenters. The first-order valence-corrected chi connectivity index (χ1v) is 8.72. The van der Waals surface area contributed by atoms with Crippen LogP contribution in [0.2, 0.25) is 0 Å². The first-order valence-electron chi connectivity index (χ1n) is 8.72. The number of aryl methyl sites for hydroxylation is 1. The Morgan fingerprint density at radius 1 is 1.21 bits per heavy atom. The highest BCUT2D eigenvalue weighted by atomic mass is 16.6. The van der Waals surface area contributed by atoms with E-state index in [9.17, 15) is 10.1 Å². The number of nitro groups is 1. The number of methoxy groups -OCH3 is 1. The standard InChI is InChI=1S/C19H17N7O3/c1-11-9-12(7-8-14(11)26(27)28)10-25-18-17(23-24-25)16(21-19(20)22-18)13-5-3-4-6-15(13)29-2/h3-9H,10H2,1-2H3,(H2,20,21,22). The van der Waals surface area contributed by atoms with E-state index < -0.39 is 4.92 Å². The molecule has 2 heterocycles. The van der Waals surface area contributed by atoms with E-state index in [4.69, 9.17) is 10.5 Å². The zero-order valence-corrected chi connectivity index (χ0v) is 15.7. The van der Waals surface area contributed by atoms with Gasteiger partial charge < -0.3 is 10.5 Å². The third-order valence-corrected chi connectivity index (χ3v) is 4.53. The van der Waals surface area contributed by atoms with Gasteiger partial charge in [0.15, 0.2) is 11.2 Å². The minimum Gasteiger partial charge on any atom is -0.496 e. The van der Waals surface area contributed by atoms with Crippen LogP contribution < -0.4 is 10.5 Å². The SMILES string of the molecule is COc1ccccc1-c1nc(N)nc2c1nnn2Cc1ccc([N+](=O)[O-])c(C)c1. The number of hydrogen-bond donors (Lipinski definition) is 1. The molecule has 10 nitrogen and oxygen atoms in total. The second kappa shape index (κ2) is 7.15. The number of ether oxygens (including phenoxy) is 1. The molecule has 0 spiro atoms. The van der Waals surface area contributed by atoms with Crippen LogP contribution in [0.3, 0.4) is 0 Å². The number of nitrogens with two attached hydrogens (primary N) is 1. The number of nitro benzene ring substituents is 1. The predicted octanol–water partition coefficient (Wildman–Crippen LogP) is 2.74. The first kappa shape index (κ1) is 18.3. The summed E-state index contributed by atoms with van der Waals surface area (Å²) in [5.41, 5.74) is 9.63. The molecule has 0 amide bonds. The first-order chi connectivity index (χ1) is 14.0. The number of fused-ring (bicyclic) bond motifs is 1. The van der Waals surface area contributed by atoms with Gasteiger partial charge >= 0.3 is 0 Å². The minimum absolute atomic E-state index is 0.0715. The zero-order chi connectivity index (χ0) is 20.5. The second-order valence-corrected chi connectivity index (χ2v) is 6.43. The highest BCUT2D eigenvalue weighted by Gasteiger charge is 2.18. The van der Waals surface area contributed by atoms with Crippen molar-refractivity contribution in [3.05, 3.63) is 63.7 Å². The number of aromatic nitrogens is 5. The van der Waals surface area contributed by atoms with Gasteiger partial charge in [-0.25, -0.2) is 9.67 Å². The Labute approximate surface area is 165 Å². The van der Waals surface area contributed by atoms with Crippen LogP contribution in [0.1, 0.15) is 11.1 Å². The average Bonchev–Trinajstić information content (AvgIpc) is 3.09. The highest BCUT2D eigenvalue weighted by molar-refractivity contribution is 5.89. The molecule has 2 aromatic carbocycles. The summed E-state index contributed by atoms with van der Waals surface area (Å²) in [5.74, 6) is 0.717. The van der Waals surface area contributed by atoms with Crippen molar-refractivity contribution in [2.45, 2.75) is 13.5 Å². The Hall–Kier alpha value is -4.08. The molecule has 29 heavy (non-hydrogen) atoms. The molecule has 0 aliphatic rings. The summed E-state index contributed by atoms with van der Waals surface area (Å²) in [6.07, 6.45) is 0. The van der Waals surface area contributed by atoms with Crippen molar-refractivity contribution < 1.29 is 9.66 Å². The van der Waals surface area contributed by atoms with Crippen LogP contribution in [0.4, 0.5) is 11.6 Å². The largest absolute Gasteiger partial charge is 0.496 e. The molecule has 10 heteroatoms. The molecule has 0 unspecified atom stereocenters. The maximum Gasteiger partial charge on any atom is 0.272 e. The number of hydrogen-bond acceptors (Lipinski definition) is 8. The zero-order valence-electron chi connectivity index (χ0n) is 15.7. The van der Waals surface area contributed by atoms with Gasteiger partial charge in [-0.3, -0.25) is 10.1 Å². The van der Waals surface area contributed by atoms with Crippen LogP contribution in [0.15, 0.2) is 42.5 Å². The summed E-state index contributed by atoms with van der Waals surface area (Å²) >= 11 is 0. The molecule has 0 saturated heterocycles. The lowest BCUT2D eigenvalue weighted by Gasteiger charge is -2.09. The van der Waals surface area contributed by atoms with Crippen LogP contribution in [0.25, 0.3) is 22.4 Å². The van der Waals surface area contributed by atoms with E-state index in [0.717, 1.165) is 11.1 Å². The smallest absolute Gasteiger partial charge is 0.272 e. The summed E-state index contributed by atoms with van der Waals surface area (Å²) in [5, 5.41) is 19.5. The van der Waals surface area contributed by atoms with Crippen molar-refractivity contribution in [3.8, 4) is 17.0 Å². The van der Waals surface area contributed by atoms with Crippen molar-refractivity contribution in [1.29, 1.82) is 0 Å². The molecule has 2 aromatic heterocycles. The number of rotatable bonds is 5. The average molecular weight is 391 g/mol. The van der Waals surface area contributed by atoms with E-state index >= 15 is 0 Å². The molecule has 4 aromatic rings. The summed E-state index contributed by atoms with van der Waals surface area (Å²) < 4.78 is 7.01. The highest BCUT2D eigenvalue weighted by Crippen LogP contribution is 2.32. The summed E-state index contributed by atoms with van der Waals surface area (Å²) in [4.78, 5) is 19.3. The molecule has 0 bridgehead atoms. The Morgan fingerprint density at radius 2 is 2.00 bits per heavy atom. The molecular weight excluding hydrogens is 374 g/mol. The molecule has 2 N–H and O–H groups in total. The number of anilines is 1. The van der Waals surface area contributed by atoms with Gasteiger partial charge in [0.05, 0.1) is 18.6 Å². The third-order valence-electron chi connectivity index (χ3n) is 4.53. The molecule has 0 radical (unpaired) electrons. The van der Waals surface area contributed by atoms with E-state index in [2.05, 4.69) is 20.3 Å². The lowest BCUT2D eigenvalue weighted by molar-refractivity contribution is -0.385. The molecule has 0 aliphatic heterocycles. The van der Waals surface area contributed by atoms with E-state index in [1.54, 1.807) is 30.8 Å². The van der Waals surface area contributed by atoms with Crippen molar-refractivity contribution in [1.82, 2.24) is 25.0 Å². The Morgan fingerprint density at radius 3 is 2.72 bits per heavy atom. The normalized spacial score (nSPS) is 11.0. The number of para-hydroxylation sites is 1. The van der Waals surface area contributed by atoms with Crippen LogP contribution in [0.5, 0.6) is 5.75 Å². The van der Waals surface area contributed by atoms with Gasteiger partial charge in [0.1, 0.15) is 11.4 Å². The fourth-order valence-corrected chi connectivity index (χ4v) is 3.20. The van der Waals surface area contributed by atoms with E-state index in [-0.39, 0.29) is 11.6 Å². The summed E-state index contributed by atoms with van der Waals surface area (Å²) in [6.45, 7) is 2.03. The van der Waals surface area contributed by atoms with Gasteiger partial charge in [0, 0.05) is 17.2 Å². The van der Waals surface area contributed by atoms with Crippen molar-refractivity contribution in [2.24, 2.45) is 0 Å². The van der Waals surface area contributed by atoms with Gasteiger partial charge in [-0.2, -0.15) is 4.98 Å². The Bertz CT molecular complexity index is 1240. The molecule has 0 fully saturated rings. The van der Waals surface area contributed by atoms with Gasteiger partial charge in [-0.15, -0.1) is 5.10 Å². The molecule has 0 aliphatic carbocycles. The van der Waals surface area contributed by atoms with Crippen LogP contribution >= 0.6 is 0 Å². The summed E-state index contributed by atoms with van der Waals surface area (Å²) in [7, 11) is 1.58. The van der Waals surface area contributed by atoms with Crippen molar-refractivity contribution >= 4 is 22.8 Å². The quantitative estimate of drug-likeness (QED) is 0.405. The van der Waals surface area contributed by atoms with E-state index in [1.807, 2.05) is 24.3 Å². The Balaban J connectivity index is 1.79. The maximum atomic E-state index is 11.0. The van der Waals surface area contributed by atoms with E-state index in [0.29, 0.717) is 34.7 Å². The molecule has 0 saturated carbocycles. The fraction of sp³-hybridized carbons (Fsp3) is 0.158. The lowest BCUT2D eigenvalue weighted by Crippen LogP contribution is -2.06. The fourth-order valence-electron chi connectivity index (χ4n) is 3.20. The maximum absolute atomic E-state index is 11.0. The third kappa shape index (κ3) is 3.31.